The first-order chi connectivity index (χ1) is 32.9. The summed E-state index contributed by atoms with van der Waals surface area (Å²) in [7, 11) is 0. The van der Waals surface area contributed by atoms with E-state index in [0.717, 1.165) is 0 Å². The maximum atomic E-state index is 14.2. The number of nitrogens with two attached hydrogens (primary N) is 3. The first-order valence-electron chi connectivity index (χ1n) is 21.8. The molecule has 0 heterocycles. The standard InChI is InChI=1S/C44H60N10O16/c1-22(2)37(54-40(65)26(12-15-32(46)56)48-34(58)21-45)43(68)52-30(20-33(47)57)42(67)51-29(18-24-8-10-25(55)11-9-24)41(66)50-27(13-16-35(59)60)38(63)49-28(14-17-36(61)62)39(64)53-31(44(69)70)19-23-6-4-3-5-7-23/h3-11,22,26-31,37,55H,12-21,45H2,1-2H3,(H2,46,56)(H2,47,57)(H,48,58)(H,49,63)(H,50,66)(H,51,67)(H,52,68)(H,53,64)(H,54,65)(H,59,60)(H,61,62)(H,69,70)/t26-,27-,28-,29-,30-,31-,37-/m0/s1. The number of hydrogen-bond donors (Lipinski definition) is 14. The van der Waals surface area contributed by atoms with Gasteiger partial charge in [-0.2, -0.15) is 0 Å². The van der Waals surface area contributed by atoms with Crippen molar-refractivity contribution in [2.45, 2.75) is 114 Å². The topological polar surface area (TPSA) is 448 Å². The Bertz CT molecular complexity index is 2210. The second-order valence-electron chi connectivity index (χ2n) is 16.3. The molecule has 0 spiro atoms. The quantitative estimate of drug-likeness (QED) is 0.0344. The molecule has 0 bridgehead atoms. The number of phenolic OH excluding ortho intramolecular Hbond substituents is 1. The zero-order valence-electron chi connectivity index (χ0n) is 38.3. The summed E-state index contributed by atoms with van der Waals surface area (Å²) in [6.07, 6.45) is -4.83. The Morgan fingerprint density at radius 1 is 0.486 bits per heavy atom. The Balaban J connectivity index is 2.48. The number of primary amides is 2. The molecule has 0 aromatic heterocycles. The van der Waals surface area contributed by atoms with Crippen LogP contribution in [0.25, 0.3) is 0 Å². The van der Waals surface area contributed by atoms with E-state index >= 15 is 0 Å². The first-order valence-corrected chi connectivity index (χ1v) is 21.8. The Hall–Kier alpha value is -8.16. The van der Waals surface area contributed by atoms with E-state index in [1.54, 1.807) is 30.3 Å². The number of carboxylic acid groups (broad SMARTS) is 3. The molecule has 382 valence electrons. The van der Waals surface area contributed by atoms with Crippen molar-refractivity contribution in [3.8, 4) is 5.75 Å². The van der Waals surface area contributed by atoms with Gasteiger partial charge in [0.25, 0.3) is 0 Å². The van der Waals surface area contributed by atoms with Crippen molar-refractivity contribution in [3.05, 3.63) is 65.7 Å². The van der Waals surface area contributed by atoms with Crippen molar-refractivity contribution in [3.63, 3.8) is 0 Å². The van der Waals surface area contributed by atoms with Gasteiger partial charge in [0.15, 0.2) is 0 Å². The summed E-state index contributed by atoms with van der Waals surface area (Å²) in [5, 5.41) is 54.9. The second kappa shape index (κ2) is 28.9. The third-order valence-corrected chi connectivity index (χ3v) is 10.3. The van der Waals surface area contributed by atoms with Gasteiger partial charge >= 0.3 is 17.9 Å². The number of aromatic hydroxyl groups is 1. The first kappa shape index (κ1) is 58.0. The number of amides is 9. The van der Waals surface area contributed by atoms with Gasteiger partial charge in [0.1, 0.15) is 48.0 Å². The fourth-order valence-electron chi connectivity index (χ4n) is 6.56. The molecule has 2 rings (SSSR count). The molecule has 7 atom stereocenters. The van der Waals surface area contributed by atoms with Gasteiger partial charge in [0.05, 0.1) is 13.0 Å². The van der Waals surface area contributed by atoms with Crippen LogP contribution < -0.4 is 54.4 Å². The Morgan fingerprint density at radius 3 is 1.37 bits per heavy atom. The zero-order valence-corrected chi connectivity index (χ0v) is 38.3. The summed E-state index contributed by atoms with van der Waals surface area (Å²) in [6, 6.07) is 1.79. The number of carboxylic acids is 3. The lowest BCUT2D eigenvalue weighted by atomic mass is 10.0. The van der Waals surface area contributed by atoms with E-state index in [4.69, 9.17) is 17.2 Å². The molecule has 26 nitrogen and oxygen atoms in total. The lowest BCUT2D eigenvalue weighted by Gasteiger charge is -2.28. The molecular weight excluding hydrogens is 925 g/mol. The molecule has 2 aromatic rings. The van der Waals surface area contributed by atoms with E-state index in [1.165, 1.54) is 38.1 Å². The van der Waals surface area contributed by atoms with E-state index in [1.807, 2.05) is 0 Å². The van der Waals surface area contributed by atoms with E-state index in [-0.39, 0.29) is 30.6 Å². The minimum atomic E-state index is -1.85. The SMILES string of the molecule is CC(C)[C@H](NC(=O)[C@H](CCC(N)=O)NC(=O)CN)C(=O)N[C@@H](CC(N)=O)C(=O)N[C@@H](Cc1ccc(O)cc1)C(=O)N[C@@H](CCC(=O)O)C(=O)N[C@@H](CCC(=O)O)C(=O)N[C@@H](Cc1ccccc1)C(=O)O. The number of rotatable bonds is 31. The highest BCUT2D eigenvalue weighted by Crippen LogP contribution is 2.14. The number of hydrogen-bond acceptors (Lipinski definition) is 14. The number of carbonyl (C=O) groups excluding carboxylic acids is 9. The van der Waals surface area contributed by atoms with Crippen molar-refractivity contribution in [2.24, 2.45) is 23.1 Å². The predicted molar refractivity (Wildman–Crippen MR) is 243 cm³/mol. The molecule has 0 unspecified atom stereocenters. The molecule has 0 aliphatic heterocycles. The van der Waals surface area contributed by atoms with Gasteiger partial charge in [-0.3, -0.25) is 52.7 Å². The predicted octanol–water partition coefficient (Wildman–Crippen LogP) is -3.86. The minimum Gasteiger partial charge on any atom is -0.508 e. The molecule has 26 heteroatoms. The number of carbonyl (C=O) groups is 12. The van der Waals surface area contributed by atoms with Crippen LogP contribution in [0, 0.1) is 5.92 Å². The molecule has 0 saturated carbocycles. The summed E-state index contributed by atoms with van der Waals surface area (Å²) < 4.78 is 0. The lowest BCUT2D eigenvalue weighted by Crippen LogP contribution is -2.61. The largest absolute Gasteiger partial charge is 0.508 e. The average molecular weight is 985 g/mol. The average Bonchev–Trinajstić information content (AvgIpc) is 3.28. The van der Waals surface area contributed by atoms with Crippen LogP contribution in [0.5, 0.6) is 5.75 Å². The van der Waals surface area contributed by atoms with E-state index in [2.05, 4.69) is 37.2 Å². The van der Waals surface area contributed by atoms with Crippen molar-refractivity contribution in [1.29, 1.82) is 0 Å². The third kappa shape index (κ3) is 21.2. The second-order valence-corrected chi connectivity index (χ2v) is 16.3. The molecule has 0 aliphatic rings. The summed E-state index contributed by atoms with van der Waals surface area (Å²) in [5.41, 5.74) is 16.8. The fourth-order valence-corrected chi connectivity index (χ4v) is 6.56. The summed E-state index contributed by atoms with van der Waals surface area (Å²) in [5.74, 6) is -14.6. The Labute approximate surface area is 400 Å². The monoisotopic (exact) mass is 984 g/mol. The third-order valence-electron chi connectivity index (χ3n) is 10.3. The van der Waals surface area contributed by atoms with E-state index in [0.29, 0.717) is 5.56 Å². The van der Waals surface area contributed by atoms with Gasteiger partial charge in [-0.15, -0.1) is 0 Å². The molecule has 0 fully saturated rings. The zero-order chi connectivity index (χ0) is 52.7. The van der Waals surface area contributed by atoms with Crippen LogP contribution in [0.3, 0.4) is 0 Å². The van der Waals surface area contributed by atoms with E-state index in [9.17, 15) is 78.0 Å². The molecule has 70 heavy (non-hydrogen) atoms. The fraction of sp³-hybridized carbons (Fsp3) is 0.455. The van der Waals surface area contributed by atoms with Crippen LogP contribution >= 0.6 is 0 Å². The smallest absolute Gasteiger partial charge is 0.326 e. The Morgan fingerprint density at radius 2 is 0.900 bits per heavy atom. The molecule has 9 amide bonds. The van der Waals surface area contributed by atoms with Crippen LogP contribution in [0.15, 0.2) is 54.6 Å². The van der Waals surface area contributed by atoms with Crippen LogP contribution in [0.4, 0.5) is 0 Å². The molecule has 17 N–H and O–H groups in total. The number of phenols is 1. The van der Waals surface area contributed by atoms with Crippen LogP contribution in [-0.4, -0.2) is 140 Å². The number of benzene rings is 2. The van der Waals surface area contributed by atoms with Crippen molar-refractivity contribution in [2.75, 3.05) is 6.54 Å². The van der Waals surface area contributed by atoms with Crippen LogP contribution in [0.1, 0.15) is 69.9 Å². The highest BCUT2D eigenvalue weighted by Gasteiger charge is 2.36. The molecule has 2 aromatic carbocycles. The summed E-state index contributed by atoms with van der Waals surface area (Å²) in [6.45, 7) is 2.47. The minimum absolute atomic E-state index is 0.188. The highest BCUT2D eigenvalue weighted by molar-refractivity contribution is 5.99. The Kier molecular flexibility index (Phi) is 23.9. The van der Waals surface area contributed by atoms with Gasteiger partial charge in [-0.1, -0.05) is 56.3 Å². The number of nitrogens with one attached hydrogen (secondary N) is 7. The lowest BCUT2D eigenvalue weighted by molar-refractivity contribution is -0.143. The maximum Gasteiger partial charge on any atom is 0.326 e. The van der Waals surface area contributed by atoms with Crippen LogP contribution in [0.2, 0.25) is 0 Å². The summed E-state index contributed by atoms with van der Waals surface area (Å²) >= 11 is 0. The number of aliphatic carboxylic acids is 3. The van der Waals surface area contributed by atoms with Gasteiger partial charge in [-0.25, -0.2) is 4.79 Å². The van der Waals surface area contributed by atoms with Crippen molar-refractivity contribution >= 4 is 71.1 Å². The van der Waals surface area contributed by atoms with E-state index < -0.39 is 164 Å². The van der Waals surface area contributed by atoms with Crippen LogP contribution in [-0.2, 0) is 70.4 Å². The van der Waals surface area contributed by atoms with Gasteiger partial charge in [0, 0.05) is 32.1 Å². The molecule has 0 aliphatic carbocycles. The van der Waals surface area contributed by atoms with Gasteiger partial charge in [0.2, 0.25) is 53.2 Å². The van der Waals surface area contributed by atoms with Crippen molar-refractivity contribution in [1.82, 2.24) is 37.2 Å². The normalized spacial score (nSPS) is 13.8. The molecule has 0 radical (unpaired) electrons. The maximum absolute atomic E-state index is 14.2. The van der Waals surface area contributed by atoms with Gasteiger partial charge in [-0.05, 0) is 48.4 Å². The van der Waals surface area contributed by atoms with Crippen molar-refractivity contribution < 1.29 is 78.0 Å². The molecular formula is C44H60N10O16. The van der Waals surface area contributed by atoms with Gasteiger partial charge < -0.3 is 74.8 Å². The highest BCUT2D eigenvalue weighted by atomic mass is 16.4. The molecule has 0 saturated heterocycles. The summed E-state index contributed by atoms with van der Waals surface area (Å²) in [4.78, 5) is 154.